The molecular weight excluding hydrogens is 384 g/mol. The van der Waals surface area contributed by atoms with Crippen LogP contribution in [0.4, 0.5) is 0 Å². The van der Waals surface area contributed by atoms with Crippen LogP contribution in [0.3, 0.4) is 0 Å². The summed E-state index contributed by atoms with van der Waals surface area (Å²) in [7, 11) is -3.67. The smallest absolute Gasteiger partial charge is 0.242 e. The Morgan fingerprint density at radius 1 is 0.966 bits per heavy atom. The fourth-order valence-electron chi connectivity index (χ4n) is 4.40. The molecule has 2 atom stereocenters. The Bertz CT molecular complexity index is 1130. The predicted molar refractivity (Wildman–Crippen MR) is 113 cm³/mol. The zero-order valence-corrected chi connectivity index (χ0v) is 17.6. The number of amides is 1. The van der Waals surface area contributed by atoms with Crippen LogP contribution in [-0.4, -0.2) is 36.9 Å². The number of hydrogen-bond donors (Lipinski definition) is 0. The van der Waals surface area contributed by atoms with E-state index in [9.17, 15) is 13.2 Å². The molecule has 3 aromatic rings. The zero-order valence-electron chi connectivity index (χ0n) is 16.8. The molecule has 4 rings (SSSR count). The number of piperidine rings is 1. The molecule has 0 saturated carbocycles. The summed E-state index contributed by atoms with van der Waals surface area (Å²) >= 11 is 0. The minimum atomic E-state index is -3.67. The van der Waals surface area contributed by atoms with Gasteiger partial charge in [0, 0.05) is 30.2 Å². The molecule has 2 aromatic carbocycles. The van der Waals surface area contributed by atoms with Crippen LogP contribution in [0.1, 0.15) is 20.3 Å². The maximum atomic E-state index is 13.2. The molecule has 0 aliphatic carbocycles. The molecule has 1 aliphatic rings. The average Bonchev–Trinajstić information content (AvgIpc) is 3.07. The number of sulfone groups is 1. The second kappa shape index (κ2) is 7.67. The van der Waals surface area contributed by atoms with Crippen LogP contribution in [-0.2, 0) is 21.2 Å². The molecule has 152 valence electrons. The molecule has 6 heteroatoms. The summed E-state index contributed by atoms with van der Waals surface area (Å²) in [5.74, 6) is 1.00. The number of para-hydroxylation sites is 1. The first-order valence-corrected chi connectivity index (χ1v) is 11.5. The van der Waals surface area contributed by atoms with Gasteiger partial charge in [-0.3, -0.25) is 4.79 Å². The molecule has 5 nitrogen and oxygen atoms in total. The van der Waals surface area contributed by atoms with Crippen molar-refractivity contribution in [3.05, 3.63) is 60.8 Å². The monoisotopic (exact) mass is 410 g/mol. The second-order valence-electron chi connectivity index (χ2n) is 8.20. The van der Waals surface area contributed by atoms with Gasteiger partial charge in [-0.05, 0) is 36.5 Å². The topological polar surface area (TPSA) is 59.4 Å². The third-order valence-electron chi connectivity index (χ3n) is 5.62. The normalized spacial score (nSPS) is 20.1. The Hall–Kier alpha value is -2.60. The Morgan fingerprint density at radius 3 is 2.28 bits per heavy atom. The highest BCUT2D eigenvalue weighted by molar-refractivity contribution is 7.91. The number of carbonyl (C=O) groups excluding carboxylic acids is 1. The van der Waals surface area contributed by atoms with Gasteiger partial charge >= 0.3 is 0 Å². The summed E-state index contributed by atoms with van der Waals surface area (Å²) in [4.78, 5) is 15.4. The van der Waals surface area contributed by atoms with Crippen molar-refractivity contribution >= 4 is 26.6 Å². The summed E-state index contributed by atoms with van der Waals surface area (Å²) in [6, 6.07) is 15.8. The van der Waals surface area contributed by atoms with Gasteiger partial charge < -0.3 is 9.47 Å². The first-order chi connectivity index (χ1) is 13.9. The molecule has 1 saturated heterocycles. The highest BCUT2D eigenvalue weighted by Gasteiger charge is 2.27. The molecule has 1 aromatic heterocycles. The lowest BCUT2D eigenvalue weighted by Gasteiger charge is -2.35. The van der Waals surface area contributed by atoms with Crippen LogP contribution >= 0.6 is 0 Å². The lowest BCUT2D eigenvalue weighted by atomic mass is 9.92. The first-order valence-electron chi connectivity index (χ1n) is 10.0. The van der Waals surface area contributed by atoms with E-state index >= 15 is 0 Å². The van der Waals surface area contributed by atoms with Crippen LogP contribution in [0.5, 0.6) is 0 Å². The van der Waals surface area contributed by atoms with E-state index in [0.29, 0.717) is 17.2 Å². The van der Waals surface area contributed by atoms with Gasteiger partial charge in [0.2, 0.25) is 15.7 Å². The first kappa shape index (κ1) is 19.7. The largest absolute Gasteiger partial charge is 0.341 e. The summed E-state index contributed by atoms with van der Waals surface area (Å²) in [5.41, 5.74) is 0.758. The van der Waals surface area contributed by atoms with Gasteiger partial charge in [0.1, 0.15) is 6.54 Å². The minimum Gasteiger partial charge on any atom is -0.341 e. The van der Waals surface area contributed by atoms with Crippen molar-refractivity contribution in [1.82, 2.24) is 9.47 Å². The summed E-state index contributed by atoms with van der Waals surface area (Å²) in [6.07, 6.45) is 2.75. The van der Waals surface area contributed by atoms with E-state index in [1.54, 1.807) is 47.2 Å². The molecule has 2 unspecified atom stereocenters. The molecule has 1 fully saturated rings. The number of aromatic nitrogens is 1. The van der Waals surface area contributed by atoms with Crippen LogP contribution in [0.25, 0.3) is 10.9 Å². The van der Waals surface area contributed by atoms with Gasteiger partial charge in [-0.1, -0.05) is 50.2 Å². The van der Waals surface area contributed by atoms with Crippen molar-refractivity contribution in [2.45, 2.75) is 36.6 Å². The average molecular weight is 411 g/mol. The van der Waals surface area contributed by atoms with Crippen molar-refractivity contribution in [3.8, 4) is 0 Å². The minimum absolute atomic E-state index is 0.0350. The summed E-state index contributed by atoms with van der Waals surface area (Å²) in [5, 5.41) is 0.643. The molecule has 0 bridgehead atoms. The van der Waals surface area contributed by atoms with Gasteiger partial charge in [0.05, 0.1) is 9.79 Å². The van der Waals surface area contributed by atoms with E-state index < -0.39 is 9.84 Å². The Labute approximate surface area is 171 Å². The number of nitrogens with zero attached hydrogens (tertiary/aromatic N) is 2. The molecule has 1 amide bonds. The van der Waals surface area contributed by atoms with Crippen molar-refractivity contribution < 1.29 is 13.2 Å². The Balaban J connectivity index is 1.71. The van der Waals surface area contributed by atoms with Gasteiger partial charge in [0.15, 0.2) is 0 Å². The van der Waals surface area contributed by atoms with E-state index in [-0.39, 0.29) is 22.2 Å². The molecule has 0 radical (unpaired) electrons. The van der Waals surface area contributed by atoms with E-state index in [0.717, 1.165) is 25.0 Å². The highest BCUT2D eigenvalue weighted by Crippen LogP contribution is 2.30. The quantitative estimate of drug-likeness (QED) is 0.654. The maximum absolute atomic E-state index is 13.2. The third-order valence-corrected chi connectivity index (χ3v) is 7.42. The van der Waals surface area contributed by atoms with Gasteiger partial charge in [-0.15, -0.1) is 0 Å². The SMILES string of the molecule is CC1CC(C)CN(C(=O)Cn2cc(S(=O)(=O)c3ccccc3)c3ccccc32)C1. The number of fused-ring (bicyclic) bond motifs is 1. The second-order valence-corrected chi connectivity index (χ2v) is 10.1. The molecule has 2 heterocycles. The lowest BCUT2D eigenvalue weighted by Crippen LogP contribution is -2.43. The van der Waals surface area contributed by atoms with Crippen LogP contribution in [0.2, 0.25) is 0 Å². The number of hydrogen-bond acceptors (Lipinski definition) is 3. The molecule has 29 heavy (non-hydrogen) atoms. The number of likely N-dealkylation sites (tertiary alicyclic amines) is 1. The zero-order chi connectivity index (χ0) is 20.6. The third kappa shape index (κ3) is 3.81. The summed E-state index contributed by atoms with van der Waals surface area (Å²) in [6.45, 7) is 6.01. The summed E-state index contributed by atoms with van der Waals surface area (Å²) < 4.78 is 28.2. The standard InChI is InChI=1S/C23H26N2O3S/c1-17-12-18(2)14-25(13-17)23(26)16-24-15-22(20-10-6-7-11-21(20)24)29(27,28)19-8-4-3-5-9-19/h3-11,15,17-18H,12-14,16H2,1-2H3. The molecule has 0 N–H and O–H groups in total. The number of rotatable bonds is 4. The highest BCUT2D eigenvalue weighted by atomic mass is 32.2. The van der Waals surface area contributed by atoms with Gasteiger partial charge in [-0.2, -0.15) is 0 Å². The number of carbonyl (C=O) groups is 1. The Morgan fingerprint density at radius 2 is 1.59 bits per heavy atom. The predicted octanol–water partition coefficient (Wildman–Crippen LogP) is 3.98. The van der Waals surface area contributed by atoms with E-state index in [1.165, 1.54) is 0 Å². The van der Waals surface area contributed by atoms with Crippen LogP contribution in [0.15, 0.2) is 70.6 Å². The van der Waals surface area contributed by atoms with Crippen molar-refractivity contribution in [1.29, 1.82) is 0 Å². The van der Waals surface area contributed by atoms with E-state index in [1.807, 2.05) is 23.1 Å². The fraction of sp³-hybridized carbons (Fsp3) is 0.348. The van der Waals surface area contributed by atoms with Crippen molar-refractivity contribution in [2.24, 2.45) is 11.8 Å². The van der Waals surface area contributed by atoms with Crippen molar-refractivity contribution in [3.63, 3.8) is 0 Å². The van der Waals surface area contributed by atoms with E-state index in [4.69, 9.17) is 0 Å². The number of benzene rings is 2. The fourth-order valence-corrected chi connectivity index (χ4v) is 5.89. The van der Waals surface area contributed by atoms with Gasteiger partial charge in [-0.25, -0.2) is 8.42 Å². The van der Waals surface area contributed by atoms with Crippen LogP contribution in [0, 0.1) is 11.8 Å². The Kier molecular flexibility index (Phi) is 5.21. The molecule has 0 spiro atoms. The van der Waals surface area contributed by atoms with Gasteiger partial charge in [0.25, 0.3) is 0 Å². The van der Waals surface area contributed by atoms with E-state index in [2.05, 4.69) is 13.8 Å². The molecular formula is C23H26N2O3S. The lowest BCUT2D eigenvalue weighted by molar-refractivity contribution is -0.134. The van der Waals surface area contributed by atoms with Crippen LogP contribution < -0.4 is 0 Å². The maximum Gasteiger partial charge on any atom is 0.242 e. The van der Waals surface area contributed by atoms with Crippen molar-refractivity contribution in [2.75, 3.05) is 13.1 Å². The molecule has 1 aliphatic heterocycles.